The molecular formula is C17H16F2O. The van der Waals surface area contributed by atoms with Crippen LogP contribution in [0.1, 0.15) is 38.2 Å². The number of ketones is 1. The third-order valence-electron chi connectivity index (χ3n) is 3.65. The first-order valence-corrected chi connectivity index (χ1v) is 6.40. The Kier molecular flexibility index (Phi) is 3.71. The van der Waals surface area contributed by atoms with E-state index in [1.54, 1.807) is 52.0 Å². The molecule has 2 aromatic carbocycles. The van der Waals surface area contributed by atoms with Crippen LogP contribution in [0.4, 0.5) is 8.78 Å². The number of carbonyl (C=O) groups is 1. The SMILES string of the molecule is Cc1ccc(C(=O)c2ccc(C)c(F)c2C)c(C)c1F. The van der Waals surface area contributed by atoms with Crippen LogP contribution in [0.2, 0.25) is 0 Å². The van der Waals surface area contributed by atoms with Crippen LogP contribution in [0.5, 0.6) is 0 Å². The summed E-state index contributed by atoms with van der Waals surface area (Å²) in [7, 11) is 0. The fourth-order valence-corrected chi connectivity index (χ4v) is 2.28. The molecule has 0 saturated heterocycles. The summed E-state index contributed by atoms with van der Waals surface area (Å²) in [6, 6.07) is 6.31. The van der Waals surface area contributed by atoms with E-state index in [9.17, 15) is 13.6 Å². The zero-order valence-electron chi connectivity index (χ0n) is 12.0. The van der Waals surface area contributed by atoms with E-state index in [2.05, 4.69) is 0 Å². The maximum absolute atomic E-state index is 13.9. The van der Waals surface area contributed by atoms with Gasteiger partial charge in [0.2, 0.25) is 0 Å². The van der Waals surface area contributed by atoms with Gasteiger partial charge in [-0.05, 0) is 49.9 Å². The second-order valence-corrected chi connectivity index (χ2v) is 5.07. The number of carbonyl (C=O) groups excluding carboxylic acids is 1. The average molecular weight is 274 g/mol. The summed E-state index contributed by atoms with van der Waals surface area (Å²) < 4.78 is 27.8. The summed E-state index contributed by atoms with van der Waals surface area (Å²) >= 11 is 0. The van der Waals surface area contributed by atoms with Crippen LogP contribution in [0.15, 0.2) is 24.3 Å². The van der Waals surface area contributed by atoms with Crippen molar-refractivity contribution < 1.29 is 13.6 Å². The van der Waals surface area contributed by atoms with Gasteiger partial charge in [0.15, 0.2) is 5.78 Å². The van der Waals surface area contributed by atoms with E-state index in [0.29, 0.717) is 22.3 Å². The number of hydrogen-bond donors (Lipinski definition) is 0. The monoisotopic (exact) mass is 274 g/mol. The Morgan fingerprint density at radius 1 is 0.750 bits per heavy atom. The summed E-state index contributed by atoms with van der Waals surface area (Å²) in [5.74, 6) is -1.13. The molecule has 0 aromatic heterocycles. The number of halogens is 2. The second kappa shape index (κ2) is 5.16. The molecule has 0 spiro atoms. The fraction of sp³-hybridized carbons (Fsp3) is 0.235. The van der Waals surface area contributed by atoms with Crippen LogP contribution in [0, 0.1) is 39.3 Å². The van der Waals surface area contributed by atoms with Gasteiger partial charge in [-0.3, -0.25) is 4.79 Å². The minimum absolute atomic E-state index is 0.277. The zero-order valence-corrected chi connectivity index (χ0v) is 12.0. The first kappa shape index (κ1) is 14.4. The molecule has 2 aromatic rings. The Morgan fingerprint density at radius 3 is 1.45 bits per heavy atom. The average Bonchev–Trinajstić information content (AvgIpc) is 2.42. The molecule has 0 radical (unpaired) electrons. The fourth-order valence-electron chi connectivity index (χ4n) is 2.28. The van der Waals surface area contributed by atoms with Crippen LogP contribution < -0.4 is 0 Å². The summed E-state index contributed by atoms with van der Waals surface area (Å²) in [5.41, 5.74) is 2.14. The third-order valence-corrected chi connectivity index (χ3v) is 3.65. The van der Waals surface area contributed by atoms with Crippen molar-refractivity contribution in [2.75, 3.05) is 0 Å². The normalized spacial score (nSPS) is 10.7. The highest BCUT2D eigenvalue weighted by atomic mass is 19.1. The summed E-state index contributed by atoms with van der Waals surface area (Å²) in [6.07, 6.45) is 0. The van der Waals surface area contributed by atoms with E-state index in [1.807, 2.05) is 0 Å². The van der Waals surface area contributed by atoms with E-state index < -0.39 is 0 Å². The summed E-state index contributed by atoms with van der Waals surface area (Å²) in [5, 5.41) is 0. The maximum atomic E-state index is 13.9. The van der Waals surface area contributed by atoms with Gasteiger partial charge in [0.25, 0.3) is 0 Å². The summed E-state index contributed by atoms with van der Waals surface area (Å²) in [6.45, 7) is 6.42. The number of rotatable bonds is 2. The van der Waals surface area contributed by atoms with Crippen molar-refractivity contribution in [1.82, 2.24) is 0 Å². The minimum Gasteiger partial charge on any atom is -0.289 e. The predicted molar refractivity (Wildman–Crippen MR) is 75.2 cm³/mol. The number of aryl methyl sites for hydroxylation is 2. The highest BCUT2D eigenvalue weighted by Crippen LogP contribution is 2.23. The van der Waals surface area contributed by atoms with Gasteiger partial charge >= 0.3 is 0 Å². The van der Waals surface area contributed by atoms with Gasteiger partial charge in [0.1, 0.15) is 11.6 Å². The molecule has 0 unspecified atom stereocenters. The molecule has 0 atom stereocenters. The topological polar surface area (TPSA) is 17.1 Å². The zero-order chi connectivity index (χ0) is 15.0. The van der Waals surface area contributed by atoms with Gasteiger partial charge < -0.3 is 0 Å². The standard InChI is InChI=1S/C17H16F2O/c1-9-5-7-13(11(3)15(9)18)17(20)14-8-6-10(2)16(19)12(14)4/h5-8H,1-4H3. The molecular weight excluding hydrogens is 258 g/mol. The highest BCUT2D eigenvalue weighted by Gasteiger charge is 2.19. The van der Waals surface area contributed by atoms with Crippen molar-refractivity contribution in [3.63, 3.8) is 0 Å². The van der Waals surface area contributed by atoms with Crippen molar-refractivity contribution in [2.45, 2.75) is 27.7 Å². The molecule has 0 amide bonds. The molecule has 0 heterocycles. The first-order chi connectivity index (χ1) is 9.34. The van der Waals surface area contributed by atoms with Gasteiger partial charge in [-0.1, -0.05) is 24.3 Å². The van der Waals surface area contributed by atoms with Gasteiger partial charge in [-0.2, -0.15) is 0 Å². The lowest BCUT2D eigenvalue weighted by molar-refractivity contribution is 0.103. The molecule has 20 heavy (non-hydrogen) atoms. The van der Waals surface area contributed by atoms with E-state index >= 15 is 0 Å². The van der Waals surface area contributed by atoms with Crippen LogP contribution in [-0.4, -0.2) is 5.78 Å². The second-order valence-electron chi connectivity index (χ2n) is 5.07. The van der Waals surface area contributed by atoms with Crippen LogP contribution in [0.25, 0.3) is 0 Å². The maximum Gasteiger partial charge on any atom is 0.193 e. The van der Waals surface area contributed by atoms with E-state index in [0.717, 1.165) is 0 Å². The molecule has 0 N–H and O–H groups in total. The van der Waals surface area contributed by atoms with Crippen LogP contribution in [-0.2, 0) is 0 Å². The molecule has 0 bridgehead atoms. The Balaban J connectivity index is 2.58. The molecule has 2 rings (SSSR count). The lowest BCUT2D eigenvalue weighted by atomic mass is 9.93. The van der Waals surface area contributed by atoms with Crippen LogP contribution in [0.3, 0.4) is 0 Å². The van der Waals surface area contributed by atoms with Gasteiger partial charge in [0, 0.05) is 11.1 Å². The molecule has 104 valence electrons. The number of benzene rings is 2. The van der Waals surface area contributed by atoms with Gasteiger partial charge in [-0.15, -0.1) is 0 Å². The smallest absolute Gasteiger partial charge is 0.193 e. The van der Waals surface area contributed by atoms with Crippen molar-refractivity contribution in [3.05, 3.63) is 69.3 Å². The van der Waals surface area contributed by atoms with Gasteiger partial charge in [-0.25, -0.2) is 8.78 Å². The van der Waals surface area contributed by atoms with Crippen molar-refractivity contribution in [2.24, 2.45) is 0 Å². The summed E-state index contributed by atoms with van der Waals surface area (Å²) in [4.78, 5) is 12.5. The lowest BCUT2D eigenvalue weighted by Gasteiger charge is -2.11. The van der Waals surface area contributed by atoms with E-state index in [1.165, 1.54) is 0 Å². The molecule has 0 aliphatic heterocycles. The molecule has 0 saturated carbocycles. The van der Waals surface area contributed by atoms with Crippen LogP contribution >= 0.6 is 0 Å². The minimum atomic E-state index is -0.388. The third kappa shape index (κ3) is 2.24. The van der Waals surface area contributed by atoms with Crippen molar-refractivity contribution >= 4 is 5.78 Å². The first-order valence-electron chi connectivity index (χ1n) is 6.40. The van der Waals surface area contributed by atoms with E-state index in [4.69, 9.17) is 0 Å². The van der Waals surface area contributed by atoms with Crippen molar-refractivity contribution in [1.29, 1.82) is 0 Å². The molecule has 1 nitrogen and oxygen atoms in total. The van der Waals surface area contributed by atoms with E-state index in [-0.39, 0.29) is 28.5 Å². The largest absolute Gasteiger partial charge is 0.289 e. The Morgan fingerprint density at radius 2 is 1.10 bits per heavy atom. The Bertz CT molecular complexity index is 643. The van der Waals surface area contributed by atoms with Crippen molar-refractivity contribution in [3.8, 4) is 0 Å². The Labute approximate surface area is 117 Å². The quantitative estimate of drug-likeness (QED) is 0.740. The van der Waals surface area contributed by atoms with Gasteiger partial charge in [0.05, 0.1) is 0 Å². The highest BCUT2D eigenvalue weighted by molar-refractivity contribution is 6.10. The molecule has 0 aliphatic carbocycles. The predicted octanol–water partition coefficient (Wildman–Crippen LogP) is 4.43. The lowest BCUT2D eigenvalue weighted by Crippen LogP contribution is -2.09. The molecule has 0 fully saturated rings. The molecule has 0 aliphatic rings. The Hall–Kier alpha value is -2.03. The number of hydrogen-bond acceptors (Lipinski definition) is 1. The molecule has 3 heteroatoms.